The molecule has 2 rings (SSSR count). The Kier molecular flexibility index (Phi) is 5.95. The van der Waals surface area contributed by atoms with Crippen molar-refractivity contribution >= 4 is 22.7 Å². The molecule has 1 aliphatic carbocycles. The molecule has 0 bridgehead atoms. The van der Waals surface area contributed by atoms with E-state index in [4.69, 9.17) is 9.47 Å². The molecule has 1 saturated carbocycles. The Morgan fingerprint density at radius 3 is 2.24 bits per heavy atom. The predicted octanol–water partition coefficient (Wildman–Crippen LogP) is 2.71. The quantitative estimate of drug-likeness (QED) is 0.595. The number of hydrogen-bond acceptors (Lipinski definition) is 5. The predicted molar refractivity (Wildman–Crippen MR) is 95.4 cm³/mol. The van der Waals surface area contributed by atoms with Crippen molar-refractivity contribution in [3.05, 3.63) is 53.6 Å². The molecule has 1 aromatic rings. The van der Waals surface area contributed by atoms with Crippen LogP contribution >= 0.6 is 0 Å². The van der Waals surface area contributed by atoms with Gasteiger partial charge in [0.05, 0.1) is 25.0 Å². The number of esters is 2. The highest BCUT2D eigenvalue weighted by Crippen LogP contribution is 2.46. The van der Waals surface area contributed by atoms with Crippen LogP contribution in [0.15, 0.2) is 53.0 Å². The molecule has 0 radical (unpaired) electrons. The second-order valence-corrected chi connectivity index (χ2v) is 7.57. The fourth-order valence-corrected chi connectivity index (χ4v) is 3.92. The zero-order valence-corrected chi connectivity index (χ0v) is 15.5. The number of rotatable bonds is 5. The van der Waals surface area contributed by atoms with E-state index in [0.717, 1.165) is 16.0 Å². The molecule has 1 aromatic carbocycles. The average molecular weight is 362 g/mol. The highest BCUT2D eigenvalue weighted by molar-refractivity contribution is 7.85. The summed E-state index contributed by atoms with van der Waals surface area (Å²) in [5.74, 6) is -0.984. The van der Waals surface area contributed by atoms with Crippen molar-refractivity contribution in [2.24, 2.45) is 5.41 Å². The number of carbonyl (C=O) groups excluding carboxylic acids is 2. The van der Waals surface area contributed by atoms with Crippen molar-refractivity contribution in [1.29, 1.82) is 0 Å². The fourth-order valence-electron chi connectivity index (χ4n) is 2.93. The van der Waals surface area contributed by atoms with E-state index in [-0.39, 0.29) is 18.6 Å². The molecule has 1 aliphatic rings. The summed E-state index contributed by atoms with van der Waals surface area (Å²) in [4.78, 5) is 25.1. The highest BCUT2D eigenvalue weighted by Gasteiger charge is 2.53. The average Bonchev–Trinajstić information content (AvgIpc) is 2.96. The molecule has 134 valence electrons. The summed E-state index contributed by atoms with van der Waals surface area (Å²) in [5.41, 5.74) is 1.12. The number of hydrogen-bond donors (Lipinski definition) is 0. The van der Waals surface area contributed by atoms with Gasteiger partial charge in [-0.15, -0.1) is 0 Å². The normalized spacial score (nSPS) is 18.8. The number of carbonyl (C=O) groups is 2. The maximum atomic E-state index is 12.4. The third-order valence-corrected chi connectivity index (χ3v) is 5.65. The lowest BCUT2D eigenvalue weighted by Crippen LogP contribution is -2.38. The first-order chi connectivity index (χ1) is 11.8. The van der Waals surface area contributed by atoms with E-state index < -0.39 is 28.2 Å². The minimum atomic E-state index is -1.39. The zero-order valence-electron chi connectivity index (χ0n) is 14.7. The summed E-state index contributed by atoms with van der Waals surface area (Å²) in [6.07, 6.45) is 2.08. The van der Waals surface area contributed by atoms with Crippen LogP contribution in [0.25, 0.3) is 0 Å². The fraction of sp³-hybridized carbons (Fsp3) is 0.368. The summed E-state index contributed by atoms with van der Waals surface area (Å²) >= 11 is 0. The topological polar surface area (TPSA) is 69.7 Å². The van der Waals surface area contributed by atoms with Gasteiger partial charge in [0.25, 0.3) is 0 Å². The van der Waals surface area contributed by atoms with Gasteiger partial charge >= 0.3 is 11.9 Å². The molecule has 1 fully saturated rings. The number of methoxy groups -OCH3 is 2. The molecule has 5 nitrogen and oxygen atoms in total. The lowest BCUT2D eigenvalue weighted by molar-refractivity contribution is -0.168. The number of benzene rings is 1. The number of aryl methyl sites for hydroxylation is 1. The van der Waals surface area contributed by atoms with E-state index in [2.05, 4.69) is 6.58 Å². The summed E-state index contributed by atoms with van der Waals surface area (Å²) in [6, 6.07) is 7.49. The molecule has 0 amide bonds. The zero-order chi connectivity index (χ0) is 18.6. The monoisotopic (exact) mass is 362 g/mol. The van der Waals surface area contributed by atoms with Crippen LogP contribution in [0.3, 0.4) is 0 Å². The Labute approximate surface area is 150 Å². The Morgan fingerprint density at radius 2 is 1.72 bits per heavy atom. The Balaban J connectivity index is 2.19. The maximum absolute atomic E-state index is 12.4. The van der Waals surface area contributed by atoms with Gasteiger partial charge in [0.1, 0.15) is 0 Å². The van der Waals surface area contributed by atoms with Crippen molar-refractivity contribution in [1.82, 2.24) is 0 Å². The van der Waals surface area contributed by atoms with Crippen LogP contribution in [0.1, 0.15) is 18.4 Å². The molecule has 0 aliphatic heterocycles. The van der Waals surface area contributed by atoms with E-state index in [0.29, 0.717) is 5.57 Å². The Hall–Kier alpha value is -2.21. The van der Waals surface area contributed by atoms with Gasteiger partial charge in [0, 0.05) is 10.6 Å². The molecule has 0 heterocycles. The molecular weight excluding hydrogens is 340 g/mol. The van der Waals surface area contributed by atoms with Crippen molar-refractivity contribution in [3.63, 3.8) is 0 Å². The second-order valence-electron chi connectivity index (χ2n) is 6.08. The van der Waals surface area contributed by atoms with Crippen molar-refractivity contribution in [2.45, 2.75) is 24.7 Å². The molecule has 0 N–H and O–H groups in total. The smallest absolute Gasteiger partial charge is 0.323 e. The second kappa shape index (κ2) is 7.78. The van der Waals surface area contributed by atoms with Crippen LogP contribution in [0.5, 0.6) is 0 Å². The van der Waals surface area contributed by atoms with Crippen LogP contribution < -0.4 is 0 Å². The molecule has 1 unspecified atom stereocenters. The third kappa shape index (κ3) is 3.90. The van der Waals surface area contributed by atoms with Crippen LogP contribution in [-0.4, -0.2) is 36.1 Å². The van der Waals surface area contributed by atoms with Gasteiger partial charge in [-0.1, -0.05) is 35.9 Å². The van der Waals surface area contributed by atoms with Gasteiger partial charge < -0.3 is 9.47 Å². The Bertz CT molecular complexity index is 730. The van der Waals surface area contributed by atoms with E-state index in [1.54, 1.807) is 6.08 Å². The SMILES string of the molecule is C=C1CC(C(=O)OC)(C(=O)OC)C/C1=C\CS(=O)c1ccc(C)cc1. The summed E-state index contributed by atoms with van der Waals surface area (Å²) in [6.45, 7) is 5.91. The van der Waals surface area contributed by atoms with Crippen LogP contribution in [0.2, 0.25) is 0 Å². The first-order valence-corrected chi connectivity index (χ1v) is 9.15. The van der Waals surface area contributed by atoms with Crippen molar-refractivity contribution in [2.75, 3.05) is 20.0 Å². The first-order valence-electron chi connectivity index (χ1n) is 7.83. The summed E-state index contributed by atoms with van der Waals surface area (Å²) < 4.78 is 22.0. The molecule has 1 atom stereocenters. The lowest BCUT2D eigenvalue weighted by Gasteiger charge is -2.21. The number of ether oxygens (including phenoxy) is 2. The lowest BCUT2D eigenvalue weighted by atomic mass is 9.86. The van der Waals surface area contributed by atoms with Gasteiger partial charge in [-0.3, -0.25) is 13.8 Å². The molecular formula is C19H22O5S. The van der Waals surface area contributed by atoms with Crippen molar-refractivity contribution in [3.8, 4) is 0 Å². The van der Waals surface area contributed by atoms with E-state index >= 15 is 0 Å². The first kappa shape index (κ1) is 19.1. The minimum absolute atomic E-state index is 0.148. The standard InChI is InChI=1S/C19H22O5S/c1-13-5-7-16(8-6-13)25(22)10-9-15-12-19(11-14(15)2,17(20)23-3)18(21)24-4/h5-9H,2,10-12H2,1,3-4H3/b15-9+. The number of allylic oxidation sites excluding steroid dienone is 2. The van der Waals surface area contributed by atoms with Crippen LogP contribution in [-0.2, 0) is 29.9 Å². The van der Waals surface area contributed by atoms with E-state index in [9.17, 15) is 13.8 Å². The summed E-state index contributed by atoms with van der Waals surface area (Å²) in [7, 11) is 1.28. The molecule has 0 saturated heterocycles. The van der Waals surface area contributed by atoms with Gasteiger partial charge in [-0.2, -0.15) is 0 Å². The molecule has 25 heavy (non-hydrogen) atoms. The van der Waals surface area contributed by atoms with E-state index in [1.165, 1.54) is 14.2 Å². The Morgan fingerprint density at radius 1 is 1.16 bits per heavy atom. The largest absolute Gasteiger partial charge is 0.468 e. The van der Waals surface area contributed by atoms with Gasteiger partial charge in [-0.25, -0.2) is 0 Å². The van der Waals surface area contributed by atoms with Gasteiger partial charge in [0.15, 0.2) is 5.41 Å². The molecule has 0 aromatic heterocycles. The van der Waals surface area contributed by atoms with Gasteiger partial charge in [-0.05, 0) is 37.5 Å². The minimum Gasteiger partial charge on any atom is -0.468 e. The molecule has 0 spiro atoms. The van der Waals surface area contributed by atoms with Crippen LogP contribution in [0, 0.1) is 12.3 Å². The molecule has 6 heteroatoms. The highest BCUT2D eigenvalue weighted by atomic mass is 32.2. The maximum Gasteiger partial charge on any atom is 0.323 e. The third-order valence-electron chi connectivity index (χ3n) is 4.38. The summed E-state index contributed by atoms with van der Waals surface area (Å²) in [5, 5.41) is 0. The van der Waals surface area contributed by atoms with Crippen molar-refractivity contribution < 1.29 is 23.3 Å². The van der Waals surface area contributed by atoms with Crippen LogP contribution in [0.4, 0.5) is 0 Å². The van der Waals surface area contributed by atoms with E-state index in [1.807, 2.05) is 31.2 Å². The van der Waals surface area contributed by atoms with Gasteiger partial charge in [0.2, 0.25) is 0 Å².